The van der Waals surface area contributed by atoms with Crippen molar-refractivity contribution in [2.24, 2.45) is 11.3 Å². The fourth-order valence-electron chi connectivity index (χ4n) is 4.97. The van der Waals surface area contributed by atoms with Gasteiger partial charge in [0, 0.05) is 12.0 Å². The largest absolute Gasteiger partial charge is 0.508 e. The summed E-state index contributed by atoms with van der Waals surface area (Å²) >= 11 is 0. The van der Waals surface area contributed by atoms with Gasteiger partial charge < -0.3 is 10.2 Å². The number of aliphatic carboxylic acids is 1. The normalized spacial score (nSPS) is 32.4. The molecule has 0 bridgehead atoms. The molecule has 3 atom stereocenters. The molecule has 2 aliphatic rings. The van der Waals surface area contributed by atoms with Crippen LogP contribution in [0, 0.1) is 11.3 Å². The van der Waals surface area contributed by atoms with Crippen molar-refractivity contribution in [1.82, 2.24) is 0 Å². The topological polar surface area (TPSA) is 74.6 Å². The molecule has 1 fully saturated rings. The fraction of sp³-hybridized carbons (Fsp3) is 0.600. The van der Waals surface area contributed by atoms with Crippen molar-refractivity contribution in [2.75, 3.05) is 0 Å². The smallest absolute Gasteiger partial charge is 0.309 e. The molecule has 130 valence electrons. The van der Waals surface area contributed by atoms with E-state index in [9.17, 15) is 19.8 Å². The number of rotatable bonds is 2. The third kappa shape index (κ3) is 2.19. The number of Topliss-reactive ketones (excluding diaryl/α,β-unsaturated/α-hetero) is 1. The van der Waals surface area contributed by atoms with Crippen molar-refractivity contribution in [1.29, 1.82) is 0 Å². The van der Waals surface area contributed by atoms with Crippen molar-refractivity contribution in [3.63, 3.8) is 0 Å². The van der Waals surface area contributed by atoms with E-state index in [1.807, 2.05) is 19.9 Å². The van der Waals surface area contributed by atoms with Crippen LogP contribution in [0.2, 0.25) is 0 Å². The number of hydrogen-bond acceptors (Lipinski definition) is 3. The standard InChI is InChI=1S/C20H26O4/c1-11(2)12-8-13-14(9-15(12)21)19(3)6-5-7-20(4,18(23)24)17(19)10-16(13)22/h8-9,11,17,21H,5-7,10H2,1-4H3,(H,23,24)/t17-,19-,20+/m1/s1. The lowest BCUT2D eigenvalue weighted by Crippen LogP contribution is -2.53. The van der Waals surface area contributed by atoms with Gasteiger partial charge in [-0.25, -0.2) is 0 Å². The number of carbonyl (C=O) groups excluding carboxylic acids is 1. The Morgan fingerprint density at radius 1 is 1.25 bits per heavy atom. The number of ketones is 1. The number of carbonyl (C=O) groups is 2. The lowest BCUT2D eigenvalue weighted by molar-refractivity contribution is -0.156. The first-order valence-electron chi connectivity index (χ1n) is 8.75. The summed E-state index contributed by atoms with van der Waals surface area (Å²) in [6, 6.07) is 3.55. The molecule has 1 aromatic carbocycles. The average molecular weight is 330 g/mol. The summed E-state index contributed by atoms with van der Waals surface area (Å²) in [6.07, 6.45) is 2.53. The number of hydrogen-bond donors (Lipinski definition) is 2. The van der Waals surface area contributed by atoms with Crippen molar-refractivity contribution < 1.29 is 19.8 Å². The van der Waals surface area contributed by atoms with Crippen LogP contribution in [-0.2, 0) is 10.2 Å². The molecule has 24 heavy (non-hydrogen) atoms. The van der Waals surface area contributed by atoms with Crippen LogP contribution < -0.4 is 0 Å². The zero-order chi connectivity index (χ0) is 17.9. The Kier molecular flexibility index (Phi) is 3.78. The van der Waals surface area contributed by atoms with E-state index >= 15 is 0 Å². The number of aromatic hydroxyl groups is 1. The summed E-state index contributed by atoms with van der Waals surface area (Å²) in [6.45, 7) is 7.82. The van der Waals surface area contributed by atoms with Gasteiger partial charge in [-0.3, -0.25) is 9.59 Å². The number of carboxylic acids is 1. The first kappa shape index (κ1) is 17.0. The molecule has 4 heteroatoms. The minimum absolute atomic E-state index is 0.00347. The summed E-state index contributed by atoms with van der Waals surface area (Å²) < 4.78 is 0. The first-order valence-corrected chi connectivity index (χ1v) is 8.75. The number of fused-ring (bicyclic) bond motifs is 3. The Labute approximate surface area is 142 Å². The van der Waals surface area contributed by atoms with E-state index in [1.165, 1.54) is 0 Å². The van der Waals surface area contributed by atoms with E-state index in [0.29, 0.717) is 12.0 Å². The first-order chi connectivity index (χ1) is 11.1. The predicted molar refractivity (Wildman–Crippen MR) is 91.6 cm³/mol. The molecule has 0 aliphatic heterocycles. The Balaban J connectivity index is 2.21. The summed E-state index contributed by atoms with van der Waals surface area (Å²) in [5.74, 6) is -0.715. The third-order valence-corrected chi connectivity index (χ3v) is 6.51. The van der Waals surface area contributed by atoms with Gasteiger partial charge in [-0.15, -0.1) is 0 Å². The summed E-state index contributed by atoms with van der Waals surface area (Å²) in [4.78, 5) is 24.7. The van der Waals surface area contributed by atoms with Crippen molar-refractivity contribution in [3.05, 3.63) is 28.8 Å². The third-order valence-electron chi connectivity index (χ3n) is 6.51. The Morgan fingerprint density at radius 2 is 1.92 bits per heavy atom. The molecule has 0 heterocycles. The second kappa shape index (κ2) is 5.33. The predicted octanol–water partition coefficient (Wildman–Crippen LogP) is 4.25. The molecule has 0 radical (unpaired) electrons. The molecule has 4 nitrogen and oxygen atoms in total. The molecule has 3 rings (SSSR count). The van der Waals surface area contributed by atoms with E-state index in [2.05, 4.69) is 6.92 Å². The zero-order valence-corrected chi connectivity index (χ0v) is 14.8. The Bertz CT molecular complexity index is 721. The Morgan fingerprint density at radius 3 is 2.50 bits per heavy atom. The van der Waals surface area contributed by atoms with Crippen LogP contribution in [0.25, 0.3) is 0 Å². The second-order valence-corrected chi connectivity index (χ2v) is 8.28. The van der Waals surface area contributed by atoms with Crippen molar-refractivity contribution >= 4 is 11.8 Å². The maximum Gasteiger partial charge on any atom is 0.309 e. The lowest BCUT2D eigenvalue weighted by atomic mass is 9.49. The summed E-state index contributed by atoms with van der Waals surface area (Å²) in [5, 5.41) is 20.2. The van der Waals surface area contributed by atoms with Gasteiger partial charge in [0.1, 0.15) is 5.75 Å². The van der Waals surface area contributed by atoms with Gasteiger partial charge in [-0.2, -0.15) is 0 Å². The molecular weight excluding hydrogens is 304 g/mol. The highest BCUT2D eigenvalue weighted by Gasteiger charge is 2.57. The lowest BCUT2D eigenvalue weighted by Gasteiger charge is -2.53. The molecular formula is C20H26O4. The molecule has 0 spiro atoms. The van der Waals surface area contributed by atoms with Gasteiger partial charge in [-0.05, 0) is 60.3 Å². The van der Waals surface area contributed by atoms with Gasteiger partial charge >= 0.3 is 5.97 Å². The van der Waals surface area contributed by atoms with Crippen LogP contribution in [0.15, 0.2) is 12.1 Å². The Hall–Kier alpha value is -1.84. The number of phenolic OH excluding ortho intramolecular Hbond substituents is 1. The highest BCUT2D eigenvalue weighted by atomic mass is 16.4. The molecule has 0 unspecified atom stereocenters. The van der Waals surface area contributed by atoms with Gasteiger partial charge in [-0.1, -0.05) is 27.2 Å². The van der Waals surface area contributed by atoms with E-state index in [-0.39, 0.29) is 35.2 Å². The molecule has 1 aromatic rings. The average Bonchev–Trinajstić information content (AvgIpc) is 2.49. The van der Waals surface area contributed by atoms with Crippen LogP contribution in [0.4, 0.5) is 0 Å². The number of carboxylic acid groups (broad SMARTS) is 1. The highest BCUT2D eigenvalue weighted by molar-refractivity contribution is 6.00. The van der Waals surface area contributed by atoms with Gasteiger partial charge in [0.15, 0.2) is 5.78 Å². The SMILES string of the molecule is CC(C)c1cc2c(cc1O)[C@@]1(C)CCC[C@](C)(C(=O)O)[C@@H]1CC2=O. The van der Waals surface area contributed by atoms with Crippen LogP contribution in [0.3, 0.4) is 0 Å². The van der Waals surface area contributed by atoms with Crippen LogP contribution in [0.5, 0.6) is 5.75 Å². The molecule has 0 amide bonds. The van der Waals surface area contributed by atoms with E-state index in [0.717, 1.165) is 24.0 Å². The maximum atomic E-state index is 12.8. The van der Waals surface area contributed by atoms with Crippen LogP contribution in [-0.4, -0.2) is 22.0 Å². The van der Waals surface area contributed by atoms with Crippen LogP contribution in [0.1, 0.15) is 80.8 Å². The summed E-state index contributed by atoms with van der Waals surface area (Å²) in [5.41, 5.74) is 0.998. The van der Waals surface area contributed by atoms with Gasteiger partial charge in [0.25, 0.3) is 0 Å². The van der Waals surface area contributed by atoms with Crippen molar-refractivity contribution in [3.8, 4) is 5.75 Å². The highest BCUT2D eigenvalue weighted by Crippen LogP contribution is 2.58. The van der Waals surface area contributed by atoms with E-state index in [1.54, 1.807) is 13.0 Å². The zero-order valence-electron chi connectivity index (χ0n) is 14.8. The quantitative estimate of drug-likeness (QED) is 0.850. The minimum Gasteiger partial charge on any atom is -0.508 e. The van der Waals surface area contributed by atoms with Gasteiger partial charge in [0.2, 0.25) is 0 Å². The number of phenols is 1. The monoisotopic (exact) mass is 330 g/mol. The second-order valence-electron chi connectivity index (χ2n) is 8.28. The summed E-state index contributed by atoms with van der Waals surface area (Å²) in [7, 11) is 0. The maximum absolute atomic E-state index is 12.8. The molecule has 1 saturated carbocycles. The van der Waals surface area contributed by atoms with Crippen molar-refractivity contribution in [2.45, 2.75) is 64.7 Å². The molecule has 0 saturated heterocycles. The fourth-order valence-corrected chi connectivity index (χ4v) is 4.97. The molecule has 2 aliphatic carbocycles. The van der Waals surface area contributed by atoms with Crippen LogP contribution >= 0.6 is 0 Å². The minimum atomic E-state index is -0.896. The van der Waals surface area contributed by atoms with E-state index in [4.69, 9.17) is 0 Å². The molecule has 0 aromatic heterocycles. The molecule has 2 N–H and O–H groups in total. The number of benzene rings is 1. The van der Waals surface area contributed by atoms with E-state index < -0.39 is 11.4 Å². The van der Waals surface area contributed by atoms with Gasteiger partial charge in [0.05, 0.1) is 5.41 Å².